The second-order valence-electron chi connectivity index (χ2n) is 9.44. The molecule has 1 N–H and O–H groups in total. The number of amides is 1. The predicted octanol–water partition coefficient (Wildman–Crippen LogP) is 2.39. The molecule has 1 heterocycles. The minimum atomic E-state index is -3.88. The highest BCUT2D eigenvalue weighted by atomic mass is 32.2. The van der Waals surface area contributed by atoms with E-state index in [0.717, 1.165) is 11.1 Å². The molecule has 0 saturated carbocycles. The standard InChI is InChI=1S/C25H35N3O5S/c1-17-14-28(18(2)16-29)34(31,32)24-12-11-21(13-22(24)33-23(17)15-26(3)4)19-7-9-20(10-8-19)25(30)27(5)6/h7-13,17-18,23,29H,14-16H2,1-6H3/t17-,18+,23-/m0/s1. The Kier molecular flexibility index (Phi) is 8.02. The fourth-order valence-electron chi connectivity index (χ4n) is 4.05. The van der Waals surface area contributed by atoms with E-state index in [1.54, 1.807) is 51.4 Å². The molecular formula is C25H35N3O5S. The number of sulfonamides is 1. The Morgan fingerprint density at radius 2 is 1.74 bits per heavy atom. The average Bonchev–Trinajstić information content (AvgIpc) is 2.79. The minimum Gasteiger partial charge on any atom is -0.487 e. The smallest absolute Gasteiger partial charge is 0.253 e. The lowest BCUT2D eigenvalue weighted by molar-refractivity contribution is 0.0812. The first kappa shape index (κ1) is 26.2. The quantitative estimate of drug-likeness (QED) is 0.670. The molecule has 3 atom stereocenters. The van der Waals surface area contributed by atoms with E-state index in [0.29, 0.717) is 17.9 Å². The van der Waals surface area contributed by atoms with Crippen LogP contribution in [0, 0.1) is 5.92 Å². The molecule has 0 unspecified atom stereocenters. The first-order valence-electron chi connectivity index (χ1n) is 11.4. The summed E-state index contributed by atoms with van der Waals surface area (Å²) in [6, 6.07) is 11.7. The summed E-state index contributed by atoms with van der Waals surface area (Å²) < 4.78 is 34.9. The van der Waals surface area contributed by atoms with Crippen molar-refractivity contribution in [2.24, 2.45) is 5.92 Å². The van der Waals surface area contributed by atoms with Crippen LogP contribution in [0.5, 0.6) is 5.75 Å². The summed E-state index contributed by atoms with van der Waals surface area (Å²) in [6.07, 6.45) is -0.243. The zero-order valence-corrected chi connectivity index (χ0v) is 21.5. The molecule has 3 rings (SSSR count). The Morgan fingerprint density at radius 3 is 2.29 bits per heavy atom. The van der Waals surface area contributed by atoms with E-state index in [4.69, 9.17) is 4.74 Å². The Labute approximate surface area is 202 Å². The van der Waals surface area contributed by atoms with Crippen LogP contribution in [0.4, 0.5) is 0 Å². The number of aliphatic hydroxyl groups excluding tert-OH is 1. The number of rotatable bonds is 6. The zero-order valence-electron chi connectivity index (χ0n) is 20.7. The van der Waals surface area contributed by atoms with Crippen LogP contribution in [-0.2, 0) is 10.0 Å². The minimum absolute atomic E-state index is 0.0854. The lowest BCUT2D eigenvalue weighted by atomic mass is 10.0. The summed E-state index contributed by atoms with van der Waals surface area (Å²) >= 11 is 0. The van der Waals surface area contributed by atoms with Crippen molar-refractivity contribution in [1.82, 2.24) is 14.1 Å². The predicted molar refractivity (Wildman–Crippen MR) is 132 cm³/mol. The molecule has 9 heteroatoms. The second kappa shape index (κ2) is 10.4. The molecule has 0 radical (unpaired) electrons. The third kappa shape index (κ3) is 5.43. The number of carbonyl (C=O) groups is 1. The molecule has 2 aromatic carbocycles. The van der Waals surface area contributed by atoms with Gasteiger partial charge in [0.25, 0.3) is 5.91 Å². The summed E-state index contributed by atoms with van der Waals surface area (Å²) in [6.45, 7) is 4.28. The maximum absolute atomic E-state index is 13.6. The maximum atomic E-state index is 13.6. The van der Waals surface area contributed by atoms with Gasteiger partial charge in [-0.15, -0.1) is 0 Å². The zero-order chi connectivity index (χ0) is 25.2. The summed E-state index contributed by atoms with van der Waals surface area (Å²) in [5.74, 6) is 0.108. The Morgan fingerprint density at radius 1 is 1.12 bits per heavy atom. The van der Waals surface area contributed by atoms with Crippen LogP contribution in [-0.4, -0.2) is 93.6 Å². The molecule has 0 fully saturated rings. The van der Waals surface area contributed by atoms with Crippen LogP contribution in [0.25, 0.3) is 11.1 Å². The molecule has 1 amide bonds. The molecule has 0 aromatic heterocycles. The number of hydrogen-bond donors (Lipinski definition) is 1. The molecule has 2 aromatic rings. The van der Waals surface area contributed by atoms with E-state index in [2.05, 4.69) is 0 Å². The van der Waals surface area contributed by atoms with Crippen molar-refractivity contribution in [2.75, 3.05) is 47.9 Å². The fraction of sp³-hybridized carbons (Fsp3) is 0.480. The molecule has 0 aliphatic carbocycles. The molecular weight excluding hydrogens is 454 g/mol. The van der Waals surface area contributed by atoms with Crippen LogP contribution in [0.1, 0.15) is 24.2 Å². The van der Waals surface area contributed by atoms with Crippen LogP contribution >= 0.6 is 0 Å². The lowest BCUT2D eigenvalue weighted by Gasteiger charge is -2.37. The van der Waals surface area contributed by atoms with Crippen molar-refractivity contribution in [3.8, 4) is 16.9 Å². The molecule has 1 aliphatic heterocycles. The number of ether oxygens (including phenoxy) is 1. The third-order valence-corrected chi connectivity index (χ3v) is 8.10. The second-order valence-corrected chi connectivity index (χ2v) is 11.3. The lowest BCUT2D eigenvalue weighted by Crippen LogP contribution is -2.49. The van der Waals surface area contributed by atoms with Gasteiger partial charge in [-0.25, -0.2) is 8.42 Å². The van der Waals surface area contributed by atoms with Gasteiger partial charge < -0.3 is 19.6 Å². The van der Waals surface area contributed by atoms with Crippen molar-refractivity contribution in [2.45, 2.75) is 30.9 Å². The van der Waals surface area contributed by atoms with Gasteiger partial charge in [-0.2, -0.15) is 4.31 Å². The van der Waals surface area contributed by atoms with Gasteiger partial charge in [0.05, 0.1) is 6.61 Å². The highest BCUT2D eigenvalue weighted by molar-refractivity contribution is 7.89. The molecule has 0 bridgehead atoms. The highest BCUT2D eigenvalue weighted by Crippen LogP contribution is 2.36. The summed E-state index contributed by atoms with van der Waals surface area (Å²) in [7, 11) is 3.43. The monoisotopic (exact) mass is 489 g/mol. The van der Waals surface area contributed by atoms with Crippen molar-refractivity contribution in [3.05, 3.63) is 48.0 Å². The SMILES string of the molecule is C[C@H](CO)N1C[C@H](C)[C@H](CN(C)C)Oc2cc(-c3ccc(C(=O)N(C)C)cc3)ccc2S1(=O)=O. The number of fused-ring (bicyclic) bond motifs is 1. The van der Waals surface area contributed by atoms with E-state index in [9.17, 15) is 18.3 Å². The van der Waals surface area contributed by atoms with E-state index >= 15 is 0 Å². The Hall–Kier alpha value is -2.46. The maximum Gasteiger partial charge on any atom is 0.253 e. The van der Waals surface area contributed by atoms with E-state index < -0.39 is 16.1 Å². The van der Waals surface area contributed by atoms with Gasteiger partial charge in [0.2, 0.25) is 10.0 Å². The summed E-state index contributed by atoms with van der Waals surface area (Å²) in [5, 5.41) is 9.74. The molecule has 186 valence electrons. The molecule has 8 nitrogen and oxygen atoms in total. The number of benzene rings is 2. The van der Waals surface area contributed by atoms with Gasteiger partial charge >= 0.3 is 0 Å². The Balaban J connectivity index is 2.09. The van der Waals surface area contributed by atoms with Gasteiger partial charge in [0, 0.05) is 44.7 Å². The van der Waals surface area contributed by atoms with E-state index in [1.807, 2.05) is 38.1 Å². The third-order valence-electron chi connectivity index (χ3n) is 6.08. The summed E-state index contributed by atoms with van der Waals surface area (Å²) in [4.78, 5) is 15.8. The van der Waals surface area contributed by atoms with Gasteiger partial charge in [-0.1, -0.05) is 25.1 Å². The van der Waals surface area contributed by atoms with Crippen molar-refractivity contribution in [1.29, 1.82) is 0 Å². The van der Waals surface area contributed by atoms with E-state index in [-0.39, 0.29) is 36.0 Å². The molecule has 0 spiro atoms. The normalized spacial score (nSPS) is 21.2. The number of hydrogen-bond acceptors (Lipinski definition) is 6. The van der Waals surface area contributed by atoms with Gasteiger partial charge in [0.15, 0.2) is 0 Å². The number of carbonyl (C=O) groups excluding carboxylic acids is 1. The number of nitrogens with zero attached hydrogens (tertiary/aromatic N) is 3. The van der Waals surface area contributed by atoms with Gasteiger partial charge in [-0.05, 0) is 56.4 Å². The first-order chi connectivity index (χ1) is 15.9. The van der Waals surface area contributed by atoms with Crippen LogP contribution in [0.3, 0.4) is 0 Å². The number of aliphatic hydroxyl groups is 1. The van der Waals surface area contributed by atoms with Gasteiger partial charge in [0.1, 0.15) is 16.7 Å². The van der Waals surface area contributed by atoms with E-state index in [1.165, 1.54) is 9.21 Å². The van der Waals surface area contributed by atoms with Crippen LogP contribution in [0.2, 0.25) is 0 Å². The van der Waals surface area contributed by atoms with Crippen LogP contribution in [0.15, 0.2) is 47.4 Å². The van der Waals surface area contributed by atoms with Crippen molar-refractivity contribution in [3.63, 3.8) is 0 Å². The molecule has 1 aliphatic rings. The van der Waals surface area contributed by atoms with Gasteiger partial charge in [-0.3, -0.25) is 4.79 Å². The topological polar surface area (TPSA) is 90.4 Å². The summed E-state index contributed by atoms with van der Waals surface area (Å²) in [5.41, 5.74) is 2.21. The number of likely N-dealkylation sites (N-methyl/N-ethyl adjacent to an activating group) is 1. The first-order valence-corrected chi connectivity index (χ1v) is 12.8. The highest BCUT2D eigenvalue weighted by Gasteiger charge is 2.38. The van der Waals surface area contributed by atoms with Crippen LogP contribution < -0.4 is 4.74 Å². The molecule has 0 saturated heterocycles. The average molecular weight is 490 g/mol. The fourth-order valence-corrected chi connectivity index (χ4v) is 5.87. The van der Waals surface area contributed by atoms with Crippen molar-refractivity contribution >= 4 is 15.9 Å². The molecule has 34 heavy (non-hydrogen) atoms. The largest absolute Gasteiger partial charge is 0.487 e. The van der Waals surface area contributed by atoms with Crippen molar-refractivity contribution < 1.29 is 23.1 Å². The Bertz CT molecular complexity index is 1120.